The van der Waals surface area contributed by atoms with Crippen molar-refractivity contribution in [2.45, 2.75) is 61.5 Å². The molecule has 5 nitrogen and oxygen atoms in total. The van der Waals surface area contributed by atoms with E-state index in [0.29, 0.717) is 0 Å². The number of hydrogen-bond donors (Lipinski definition) is 1. The van der Waals surface area contributed by atoms with Gasteiger partial charge >= 0.3 is 23.9 Å². The van der Waals surface area contributed by atoms with Crippen LogP contribution in [0.2, 0.25) is 0 Å². The predicted octanol–water partition coefficient (Wildman–Crippen LogP) is 4.78. The summed E-state index contributed by atoms with van der Waals surface area (Å²) in [6.07, 6.45) is -16.1. The van der Waals surface area contributed by atoms with Crippen LogP contribution in [-0.2, 0) is 10.0 Å². The Bertz CT molecular complexity index is 777. The molecular weight excluding hydrogens is 535 g/mol. The lowest BCUT2D eigenvalue weighted by atomic mass is 9.94. The molecule has 0 unspecified atom stereocenters. The Morgan fingerprint density at radius 3 is 1.65 bits per heavy atom. The highest BCUT2D eigenvalue weighted by Crippen LogP contribution is 2.56. The second-order valence-corrected chi connectivity index (χ2v) is 9.96. The Morgan fingerprint density at radius 1 is 0.765 bits per heavy atom. The van der Waals surface area contributed by atoms with Gasteiger partial charge in [-0.1, -0.05) is 0 Å². The van der Waals surface area contributed by atoms with Crippen LogP contribution in [0.25, 0.3) is 0 Å². The summed E-state index contributed by atoms with van der Waals surface area (Å²) in [5, 5.41) is 11.3. The highest BCUT2D eigenvalue weighted by Gasteiger charge is 2.82. The van der Waals surface area contributed by atoms with E-state index in [4.69, 9.17) is 0 Å². The maximum absolute atomic E-state index is 13.7. The fourth-order valence-electron chi connectivity index (χ4n) is 2.42. The minimum absolute atomic E-state index is 0.0595. The van der Waals surface area contributed by atoms with Crippen molar-refractivity contribution in [2.75, 3.05) is 32.9 Å². The van der Waals surface area contributed by atoms with E-state index in [2.05, 4.69) is 0 Å². The van der Waals surface area contributed by atoms with E-state index in [9.17, 15) is 70.7 Å². The van der Waals surface area contributed by atoms with E-state index in [1.54, 1.807) is 4.72 Å². The van der Waals surface area contributed by atoms with Crippen LogP contribution >= 0.6 is 0 Å². The first-order valence-electron chi connectivity index (χ1n) is 9.05. The zero-order valence-corrected chi connectivity index (χ0v) is 18.3. The van der Waals surface area contributed by atoms with Crippen LogP contribution in [0.1, 0.15) is 25.7 Å². The molecular formula is C15H21F13N2O3S. The molecule has 0 fully saturated rings. The maximum Gasteiger partial charge on any atom is 0.460 e. The molecule has 0 aliphatic rings. The smallest absolute Gasteiger partial charge is 0.460 e. The molecule has 0 rings (SSSR count). The van der Waals surface area contributed by atoms with Crippen LogP contribution in [0.3, 0.4) is 0 Å². The molecule has 0 bridgehead atoms. The molecule has 0 aromatic rings. The molecule has 0 saturated carbocycles. The van der Waals surface area contributed by atoms with E-state index in [1.807, 2.05) is 0 Å². The number of sulfonamides is 1. The van der Waals surface area contributed by atoms with Crippen molar-refractivity contribution in [2.24, 2.45) is 0 Å². The van der Waals surface area contributed by atoms with Crippen molar-refractivity contribution in [3.63, 3.8) is 0 Å². The molecule has 0 spiro atoms. The van der Waals surface area contributed by atoms with E-state index in [-0.39, 0.29) is 13.0 Å². The lowest BCUT2D eigenvalue weighted by Gasteiger charge is -2.35. The summed E-state index contributed by atoms with van der Waals surface area (Å²) in [5.41, 5.74) is 0. The molecule has 0 amide bonds. The van der Waals surface area contributed by atoms with E-state index >= 15 is 0 Å². The largest absolute Gasteiger partial charge is 0.633 e. The quantitative estimate of drug-likeness (QED) is 0.145. The third-order valence-electron chi connectivity index (χ3n) is 4.14. The summed E-state index contributed by atoms with van der Waals surface area (Å²) in [6.45, 7) is -0.514. The summed E-state index contributed by atoms with van der Waals surface area (Å²) in [6, 6.07) is 0. The molecule has 206 valence electrons. The summed E-state index contributed by atoms with van der Waals surface area (Å²) in [7, 11) is -2.14. The molecule has 0 aromatic heterocycles. The first kappa shape index (κ1) is 32.9. The van der Waals surface area contributed by atoms with Crippen LogP contribution in [0, 0.1) is 5.21 Å². The number of alkyl halides is 13. The van der Waals surface area contributed by atoms with Crippen molar-refractivity contribution in [1.82, 2.24) is 4.72 Å². The van der Waals surface area contributed by atoms with Gasteiger partial charge < -0.3 is 9.85 Å². The summed E-state index contributed by atoms with van der Waals surface area (Å²) in [5.74, 6) is -33.7. The number of nitrogens with one attached hydrogen (secondary N) is 1. The Hall–Kier alpha value is -1.08. The first-order valence-corrected chi connectivity index (χ1v) is 10.7. The topological polar surface area (TPSA) is 69.2 Å². The second kappa shape index (κ2) is 10.1. The van der Waals surface area contributed by atoms with Crippen LogP contribution < -0.4 is 4.72 Å². The molecule has 0 saturated heterocycles. The van der Waals surface area contributed by atoms with Crippen molar-refractivity contribution in [1.29, 1.82) is 0 Å². The van der Waals surface area contributed by atoms with Gasteiger partial charge in [0.1, 0.15) is 0 Å². The number of hydrogen-bond acceptors (Lipinski definition) is 3. The molecule has 19 heteroatoms. The second-order valence-electron chi connectivity index (χ2n) is 8.03. The van der Waals surface area contributed by atoms with Gasteiger partial charge in [-0.15, -0.1) is 0 Å². The number of quaternary nitrogens is 1. The Morgan fingerprint density at radius 2 is 1.24 bits per heavy atom. The molecule has 1 N–H and O–H groups in total. The standard InChI is InChI=1S/C15H21F13N2O3S/c1-30(2,31)6-3-5-29-34(32,33)7-4-10(16,17)8-11(18,19)9-12(20,21)13(22,23)14(24,25)15(26,27)28/h29H,3-9H2,1-2H3. The van der Waals surface area contributed by atoms with Crippen LogP contribution in [0.15, 0.2) is 0 Å². The van der Waals surface area contributed by atoms with E-state index in [0.717, 1.165) is 0 Å². The maximum atomic E-state index is 13.7. The number of hydroxylamine groups is 3. The summed E-state index contributed by atoms with van der Waals surface area (Å²) < 4.78 is 193. The molecule has 0 atom stereocenters. The molecule has 0 aliphatic carbocycles. The molecule has 0 aromatic carbocycles. The van der Waals surface area contributed by atoms with Crippen LogP contribution in [-0.4, -0.2) is 81.8 Å². The molecule has 34 heavy (non-hydrogen) atoms. The Balaban J connectivity index is 5.21. The van der Waals surface area contributed by atoms with Crippen molar-refractivity contribution < 1.29 is 70.1 Å². The first-order chi connectivity index (χ1) is 14.6. The van der Waals surface area contributed by atoms with Crippen molar-refractivity contribution >= 4 is 10.0 Å². The normalized spacial score (nSPS) is 15.6. The van der Waals surface area contributed by atoms with Gasteiger partial charge in [-0.3, -0.25) is 0 Å². The fourth-order valence-corrected chi connectivity index (χ4v) is 3.58. The third kappa shape index (κ3) is 9.52. The lowest BCUT2D eigenvalue weighted by molar-refractivity contribution is -0.840. The molecule has 0 heterocycles. The average molecular weight is 556 g/mol. The minimum Gasteiger partial charge on any atom is -0.633 e. The summed E-state index contributed by atoms with van der Waals surface area (Å²) in [4.78, 5) is 0. The van der Waals surface area contributed by atoms with Gasteiger partial charge in [0.2, 0.25) is 10.0 Å². The van der Waals surface area contributed by atoms with Gasteiger partial charge in [-0.05, 0) is 0 Å². The number of nitrogens with zero attached hydrogens (tertiary/aromatic N) is 1. The van der Waals surface area contributed by atoms with E-state index < -0.39 is 82.0 Å². The Labute approximate surface area is 185 Å². The monoisotopic (exact) mass is 556 g/mol. The highest BCUT2D eigenvalue weighted by atomic mass is 32.2. The van der Waals surface area contributed by atoms with Crippen LogP contribution in [0.5, 0.6) is 0 Å². The summed E-state index contributed by atoms with van der Waals surface area (Å²) >= 11 is 0. The average Bonchev–Trinajstić information content (AvgIpc) is 2.53. The lowest BCUT2D eigenvalue weighted by Crippen LogP contribution is -2.62. The zero-order chi connectivity index (χ0) is 27.7. The van der Waals surface area contributed by atoms with Gasteiger partial charge in [0, 0.05) is 19.4 Å². The highest BCUT2D eigenvalue weighted by molar-refractivity contribution is 7.89. The molecule has 0 aliphatic heterocycles. The predicted molar refractivity (Wildman–Crippen MR) is 91.4 cm³/mol. The van der Waals surface area contributed by atoms with Gasteiger partial charge in [0.25, 0.3) is 11.8 Å². The molecule has 0 radical (unpaired) electrons. The van der Waals surface area contributed by atoms with Gasteiger partial charge in [-0.2, -0.15) is 39.5 Å². The Kier molecular flexibility index (Phi) is 9.80. The minimum atomic E-state index is -7.47. The number of halogens is 13. The van der Waals surface area contributed by atoms with Gasteiger partial charge in [-0.25, -0.2) is 30.7 Å². The van der Waals surface area contributed by atoms with Gasteiger partial charge in [0.05, 0.1) is 39.2 Å². The van der Waals surface area contributed by atoms with Crippen molar-refractivity contribution in [3.8, 4) is 0 Å². The zero-order valence-electron chi connectivity index (χ0n) is 17.4. The SMILES string of the molecule is C[N+](C)([O-])CCCNS(=O)(=O)CCC(F)(F)CC(F)(F)CC(F)(F)C(F)(F)C(F)(F)C(F)(F)F. The van der Waals surface area contributed by atoms with Crippen LogP contribution in [0.4, 0.5) is 57.1 Å². The number of rotatable bonds is 14. The fraction of sp³-hybridized carbons (Fsp3) is 1.00. The van der Waals surface area contributed by atoms with Crippen molar-refractivity contribution in [3.05, 3.63) is 5.21 Å². The van der Waals surface area contributed by atoms with E-state index in [1.165, 1.54) is 14.1 Å². The van der Waals surface area contributed by atoms with Gasteiger partial charge in [0.15, 0.2) is 0 Å². The third-order valence-corrected chi connectivity index (χ3v) is 5.53.